The predicted molar refractivity (Wildman–Crippen MR) is 96.7 cm³/mol. The highest BCUT2D eigenvalue weighted by molar-refractivity contribution is 6.04. The van der Waals surface area contributed by atoms with Gasteiger partial charge in [-0.2, -0.15) is 4.98 Å². The van der Waals surface area contributed by atoms with Crippen LogP contribution in [0, 0.1) is 0 Å². The van der Waals surface area contributed by atoms with Crippen molar-refractivity contribution < 1.29 is 4.79 Å². The molecule has 1 amide bonds. The number of fused-ring (bicyclic) bond motifs is 2. The van der Waals surface area contributed by atoms with Crippen LogP contribution in [-0.2, 0) is 6.42 Å². The fourth-order valence-corrected chi connectivity index (χ4v) is 3.01. The first-order chi connectivity index (χ1) is 12.2. The number of benzene rings is 2. The molecule has 124 valence electrons. The third-order valence-corrected chi connectivity index (χ3v) is 4.21. The summed E-state index contributed by atoms with van der Waals surface area (Å²) >= 11 is 0. The van der Waals surface area contributed by atoms with Gasteiger partial charge in [-0.15, -0.1) is 0 Å². The molecule has 0 aliphatic heterocycles. The number of para-hydroxylation sites is 2. The molecule has 0 saturated carbocycles. The van der Waals surface area contributed by atoms with E-state index in [2.05, 4.69) is 26.3 Å². The van der Waals surface area contributed by atoms with Crippen LogP contribution in [0.4, 0.5) is 0 Å². The first-order valence-electron chi connectivity index (χ1n) is 8.04. The van der Waals surface area contributed by atoms with Crippen LogP contribution in [0.3, 0.4) is 0 Å². The zero-order valence-electron chi connectivity index (χ0n) is 13.4. The van der Waals surface area contributed by atoms with E-state index < -0.39 is 5.69 Å². The van der Waals surface area contributed by atoms with Gasteiger partial charge in [-0.3, -0.25) is 4.79 Å². The average molecular weight is 332 g/mol. The largest absolute Gasteiger partial charge is 0.361 e. The van der Waals surface area contributed by atoms with Crippen molar-refractivity contribution in [2.75, 3.05) is 6.54 Å². The molecule has 25 heavy (non-hydrogen) atoms. The summed E-state index contributed by atoms with van der Waals surface area (Å²) in [5.74, 6) is -0.345. The fourth-order valence-electron chi connectivity index (χ4n) is 3.01. The molecule has 0 spiro atoms. The molecule has 0 saturated heterocycles. The molecule has 3 N–H and O–H groups in total. The lowest BCUT2D eigenvalue weighted by Gasteiger charge is -2.06. The second-order valence-corrected chi connectivity index (χ2v) is 5.80. The fraction of sp³-hybridized carbons (Fsp3) is 0.105. The summed E-state index contributed by atoms with van der Waals surface area (Å²) in [5, 5.41) is 4.63. The Kier molecular flexibility index (Phi) is 3.78. The molecule has 4 aromatic rings. The number of aromatic nitrogens is 3. The molecule has 2 heterocycles. The maximum absolute atomic E-state index is 12.5. The highest BCUT2D eigenvalue weighted by Crippen LogP contribution is 2.18. The Labute approximate surface area is 142 Å². The summed E-state index contributed by atoms with van der Waals surface area (Å²) in [7, 11) is 0. The molecule has 2 aromatic carbocycles. The summed E-state index contributed by atoms with van der Waals surface area (Å²) in [6.07, 6.45) is 2.65. The van der Waals surface area contributed by atoms with Crippen LogP contribution in [0.1, 0.15) is 16.1 Å². The quantitative estimate of drug-likeness (QED) is 0.536. The number of hydrogen-bond donors (Lipinski definition) is 3. The van der Waals surface area contributed by atoms with Crippen LogP contribution in [0.5, 0.6) is 0 Å². The van der Waals surface area contributed by atoms with Crippen LogP contribution < -0.4 is 11.0 Å². The number of aromatic amines is 2. The van der Waals surface area contributed by atoms with E-state index in [9.17, 15) is 9.59 Å². The monoisotopic (exact) mass is 332 g/mol. The summed E-state index contributed by atoms with van der Waals surface area (Å²) in [5.41, 5.74) is 2.44. The van der Waals surface area contributed by atoms with Gasteiger partial charge in [-0.1, -0.05) is 36.4 Å². The van der Waals surface area contributed by atoms with E-state index in [1.54, 1.807) is 18.2 Å². The van der Waals surface area contributed by atoms with E-state index in [-0.39, 0.29) is 11.6 Å². The molecule has 0 atom stereocenters. The summed E-state index contributed by atoms with van der Waals surface area (Å²) in [6, 6.07) is 15.2. The number of H-pyrrole nitrogens is 2. The van der Waals surface area contributed by atoms with Gasteiger partial charge in [0, 0.05) is 29.0 Å². The van der Waals surface area contributed by atoms with Gasteiger partial charge < -0.3 is 15.3 Å². The van der Waals surface area contributed by atoms with E-state index in [1.807, 2.05) is 30.5 Å². The lowest BCUT2D eigenvalue weighted by atomic mass is 10.1. The molecular weight excluding hydrogens is 316 g/mol. The van der Waals surface area contributed by atoms with Gasteiger partial charge in [0.15, 0.2) is 0 Å². The minimum Gasteiger partial charge on any atom is -0.361 e. The van der Waals surface area contributed by atoms with E-state index >= 15 is 0 Å². The number of nitrogens with zero attached hydrogens (tertiary/aromatic N) is 1. The molecular formula is C19H16N4O2. The number of hydrogen-bond acceptors (Lipinski definition) is 3. The maximum Gasteiger partial charge on any atom is 0.346 e. The second kappa shape index (κ2) is 6.24. The van der Waals surface area contributed by atoms with Gasteiger partial charge in [0.25, 0.3) is 5.91 Å². The Morgan fingerprint density at radius 1 is 1.00 bits per heavy atom. The molecule has 0 unspecified atom stereocenters. The second-order valence-electron chi connectivity index (χ2n) is 5.80. The molecule has 0 aliphatic carbocycles. The lowest BCUT2D eigenvalue weighted by Crippen LogP contribution is -2.29. The smallest absolute Gasteiger partial charge is 0.346 e. The summed E-state index contributed by atoms with van der Waals surface area (Å²) in [6.45, 7) is 0.462. The van der Waals surface area contributed by atoms with Crippen LogP contribution in [-0.4, -0.2) is 27.4 Å². The Hall–Kier alpha value is -3.41. The highest BCUT2D eigenvalue weighted by atomic mass is 16.2. The molecule has 6 heteroatoms. The molecule has 2 aromatic heterocycles. The average Bonchev–Trinajstić information content (AvgIpc) is 3.04. The molecule has 4 rings (SSSR count). The third-order valence-electron chi connectivity index (χ3n) is 4.21. The summed E-state index contributed by atoms with van der Waals surface area (Å²) in [4.78, 5) is 33.8. The number of amides is 1. The van der Waals surface area contributed by atoms with E-state index in [0.29, 0.717) is 23.9 Å². The van der Waals surface area contributed by atoms with Crippen molar-refractivity contribution in [1.82, 2.24) is 20.3 Å². The number of rotatable bonds is 4. The first kappa shape index (κ1) is 15.1. The topological polar surface area (TPSA) is 90.6 Å². The van der Waals surface area contributed by atoms with Crippen molar-refractivity contribution in [3.05, 3.63) is 76.5 Å². The van der Waals surface area contributed by atoms with Gasteiger partial charge in [0.1, 0.15) is 5.69 Å². The van der Waals surface area contributed by atoms with Crippen LogP contribution in [0.15, 0.2) is 59.5 Å². The zero-order valence-corrected chi connectivity index (χ0v) is 13.4. The van der Waals surface area contributed by atoms with Crippen molar-refractivity contribution >= 4 is 27.7 Å². The lowest BCUT2D eigenvalue weighted by molar-refractivity contribution is 0.0950. The van der Waals surface area contributed by atoms with Crippen molar-refractivity contribution in [1.29, 1.82) is 0 Å². The normalized spacial score (nSPS) is 11.0. The van der Waals surface area contributed by atoms with Gasteiger partial charge in [0.05, 0.1) is 5.52 Å². The van der Waals surface area contributed by atoms with Gasteiger partial charge in [-0.05, 0) is 24.1 Å². The van der Waals surface area contributed by atoms with E-state index in [1.165, 1.54) is 0 Å². The third kappa shape index (κ3) is 2.89. The van der Waals surface area contributed by atoms with E-state index in [0.717, 1.165) is 16.5 Å². The van der Waals surface area contributed by atoms with Gasteiger partial charge in [0.2, 0.25) is 0 Å². The van der Waals surface area contributed by atoms with Crippen LogP contribution in [0.2, 0.25) is 0 Å². The molecule has 6 nitrogen and oxygen atoms in total. The maximum atomic E-state index is 12.5. The first-order valence-corrected chi connectivity index (χ1v) is 8.04. The number of nitrogens with one attached hydrogen (secondary N) is 3. The molecule has 0 bridgehead atoms. The molecule has 0 radical (unpaired) electrons. The van der Waals surface area contributed by atoms with Gasteiger partial charge in [-0.25, -0.2) is 4.79 Å². The number of carbonyl (C=O) groups is 1. The summed E-state index contributed by atoms with van der Waals surface area (Å²) < 4.78 is 0. The Morgan fingerprint density at radius 2 is 1.72 bits per heavy atom. The predicted octanol–water partition coefficient (Wildman–Crippen LogP) is 2.38. The van der Waals surface area contributed by atoms with Crippen LogP contribution in [0.25, 0.3) is 21.8 Å². The standard InChI is InChI=1S/C19H16N4O2/c24-18(17-14-6-2-4-8-16(14)22-19(25)23-17)20-10-9-12-11-21-15-7-3-1-5-13(12)15/h1-8,11,21H,9-10H2,(H,20,24)(H,22,23,25). The Balaban J connectivity index is 1.52. The Morgan fingerprint density at radius 3 is 2.56 bits per heavy atom. The van der Waals surface area contributed by atoms with Crippen molar-refractivity contribution in [2.24, 2.45) is 0 Å². The molecule has 0 aliphatic rings. The minimum atomic E-state index is -0.527. The van der Waals surface area contributed by atoms with Gasteiger partial charge >= 0.3 is 5.69 Å². The minimum absolute atomic E-state index is 0.151. The zero-order chi connectivity index (χ0) is 17.2. The van der Waals surface area contributed by atoms with Crippen molar-refractivity contribution in [3.63, 3.8) is 0 Å². The Bertz CT molecular complexity index is 1130. The molecule has 0 fully saturated rings. The SMILES string of the molecule is O=C(NCCc1c[nH]c2ccccc12)c1nc(=O)[nH]c2ccccc12. The van der Waals surface area contributed by atoms with Crippen molar-refractivity contribution in [2.45, 2.75) is 6.42 Å². The van der Waals surface area contributed by atoms with Crippen molar-refractivity contribution in [3.8, 4) is 0 Å². The highest BCUT2D eigenvalue weighted by Gasteiger charge is 2.13. The van der Waals surface area contributed by atoms with E-state index in [4.69, 9.17) is 0 Å². The van der Waals surface area contributed by atoms with Crippen LogP contribution >= 0.6 is 0 Å². The number of carbonyl (C=O) groups excluding carboxylic acids is 1.